The number of imidazole rings is 1. The Balaban J connectivity index is 1.28. The number of Topliss-reactive ketones (excluding diaryl/α,β-unsaturated/α-hetero) is 1. The molecule has 0 aliphatic rings. The van der Waals surface area contributed by atoms with E-state index in [9.17, 15) is 4.79 Å². The number of ketones is 1. The number of hydrogen-bond acceptors (Lipinski definition) is 6. The van der Waals surface area contributed by atoms with E-state index in [-0.39, 0.29) is 17.7 Å². The monoisotopic (exact) mass is 389 g/mol. The van der Waals surface area contributed by atoms with Gasteiger partial charge in [-0.25, -0.2) is 9.97 Å². The first-order valence-electron chi connectivity index (χ1n) is 9.79. The maximum atomic E-state index is 11.8. The van der Waals surface area contributed by atoms with E-state index < -0.39 is 0 Å². The largest absolute Gasteiger partial charge is 0.442 e. The third-order valence-electron chi connectivity index (χ3n) is 4.95. The minimum Gasteiger partial charge on any atom is -0.442 e. The van der Waals surface area contributed by atoms with Crippen molar-refractivity contribution < 1.29 is 9.21 Å². The van der Waals surface area contributed by atoms with Crippen molar-refractivity contribution in [2.75, 3.05) is 0 Å². The summed E-state index contributed by atoms with van der Waals surface area (Å²) in [5, 5.41) is 1.09. The van der Waals surface area contributed by atoms with Crippen molar-refractivity contribution in [2.24, 2.45) is 5.73 Å². The van der Waals surface area contributed by atoms with Gasteiger partial charge in [-0.15, -0.1) is 0 Å². The highest BCUT2D eigenvalue weighted by Gasteiger charge is 2.13. The molecule has 0 amide bonds. The topological polar surface area (TPSA) is 111 Å². The fraction of sp³-hybridized carbons (Fsp3) is 0.273. The summed E-state index contributed by atoms with van der Waals surface area (Å²) in [7, 11) is 0. The smallest absolute Gasteiger partial charge is 0.263 e. The summed E-state index contributed by atoms with van der Waals surface area (Å²) in [5.74, 6) is 0.914. The van der Waals surface area contributed by atoms with Gasteiger partial charge >= 0.3 is 0 Å². The summed E-state index contributed by atoms with van der Waals surface area (Å²) < 4.78 is 5.01. The van der Waals surface area contributed by atoms with Crippen LogP contribution in [0.3, 0.4) is 0 Å². The van der Waals surface area contributed by atoms with Crippen molar-refractivity contribution in [2.45, 2.75) is 38.1 Å². The number of oxazole rings is 1. The molecule has 1 aromatic carbocycles. The molecule has 3 heterocycles. The van der Waals surface area contributed by atoms with E-state index >= 15 is 0 Å². The standard InChI is InChI=1S/C22H23N5O2/c23-17(6-2-1-3-7-20(28)22-25-11-12-29-22)21-26-14-19(27-21)16-8-9-18-15(13-16)5-4-10-24-18/h4-5,8-14,17H,1-3,6-7,23H2,(H,26,27)/t17-/m0/s1. The number of unbranched alkanes of at least 4 members (excludes halogenated alkanes) is 2. The first kappa shape index (κ1) is 19.0. The van der Waals surface area contributed by atoms with Crippen LogP contribution in [0.4, 0.5) is 0 Å². The number of rotatable bonds is 9. The van der Waals surface area contributed by atoms with Gasteiger partial charge in [0.2, 0.25) is 5.78 Å². The molecule has 0 bridgehead atoms. The lowest BCUT2D eigenvalue weighted by atomic mass is 10.1. The lowest BCUT2D eigenvalue weighted by Crippen LogP contribution is -2.12. The van der Waals surface area contributed by atoms with Crippen molar-refractivity contribution >= 4 is 16.7 Å². The molecular formula is C22H23N5O2. The molecule has 0 aliphatic heterocycles. The minimum absolute atomic E-state index is 0.0550. The molecule has 3 N–H and O–H groups in total. The molecule has 0 radical (unpaired) electrons. The molecule has 7 heteroatoms. The van der Waals surface area contributed by atoms with E-state index in [1.807, 2.05) is 30.5 Å². The van der Waals surface area contributed by atoms with Crippen LogP contribution in [0.5, 0.6) is 0 Å². The van der Waals surface area contributed by atoms with Gasteiger partial charge in [0.15, 0.2) is 0 Å². The van der Waals surface area contributed by atoms with E-state index in [0.717, 1.165) is 53.7 Å². The van der Waals surface area contributed by atoms with Gasteiger partial charge in [-0.05, 0) is 31.0 Å². The van der Waals surface area contributed by atoms with Gasteiger partial charge < -0.3 is 15.1 Å². The van der Waals surface area contributed by atoms with Crippen LogP contribution in [0.25, 0.3) is 22.2 Å². The fourth-order valence-corrected chi connectivity index (χ4v) is 3.35. The van der Waals surface area contributed by atoms with Crippen LogP contribution in [0.1, 0.15) is 54.7 Å². The molecule has 0 fully saturated rings. The van der Waals surface area contributed by atoms with Crippen molar-refractivity contribution in [3.05, 3.63) is 66.9 Å². The number of aromatic nitrogens is 4. The van der Waals surface area contributed by atoms with Crippen molar-refractivity contribution in [3.8, 4) is 11.3 Å². The van der Waals surface area contributed by atoms with Crippen LogP contribution in [-0.4, -0.2) is 25.7 Å². The second-order valence-corrected chi connectivity index (χ2v) is 7.06. The first-order valence-corrected chi connectivity index (χ1v) is 9.79. The van der Waals surface area contributed by atoms with Gasteiger partial charge in [-0.1, -0.05) is 25.0 Å². The van der Waals surface area contributed by atoms with Crippen LogP contribution in [0.15, 0.2) is 59.6 Å². The molecule has 1 atom stereocenters. The summed E-state index contributed by atoms with van der Waals surface area (Å²) in [6, 6.07) is 9.94. The Morgan fingerprint density at radius 1 is 1.10 bits per heavy atom. The van der Waals surface area contributed by atoms with Gasteiger partial charge in [0.1, 0.15) is 12.1 Å². The molecule has 7 nitrogen and oxygen atoms in total. The Hall–Kier alpha value is -3.32. The molecular weight excluding hydrogens is 366 g/mol. The Bertz CT molecular complexity index is 1090. The predicted octanol–water partition coefficient (Wildman–Crippen LogP) is 4.45. The third kappa shape index (κ3) is 4.57. The number of hydrogen-bond donors (Lipinski definition) is 2. The van der Waals surface area contributed by atoms with Crippen LogP contribution in [0, 0.1) is 0 Å². The van der Waals surface area contributed by atoms with Gasteiger partial charge in [-0.3, -0.25) is 9.78 Å². The SMILES string of the molecule is N[C@@H](CCCCCC(=O)c1ncco1)c1ncc(-c2ccc3ncccc3c2)[nH]1. The molecule has 0 saturated carbocycles. The van der Waals surface area contributed by atoms with Crippen LogP contribution in [-0.2, 0) is 0 Å². The molecule has 3 aromatic heterocycles. The number of carbonyl (C=O) groups excluding carboxylic acids is 1. The summed E-state index contributed by atoms with van der Waals surface area (Å²) >= 11 is 0. The lowest BCUT2D eigenvalue weighted by Gasteiger charge is -2.08. The van der Waals surface area contributed by atoms with E-state index in [2.05, 4.69) is 26.0 Å². The highest BCUT2D eigenvalue weighted by Crippen LogP contribution is 2.24. The number of nitrogens with two attached hydrogens (primary N) is 1. The van der Waals surface area contributed by atoms with Crippen molar-refractivity contribution in [1.29, 1.82) is 0 Å². The molecule has 4 rings (SSSR count). The lowest BCUT2D eigenvalue weighted by molar-refractivity contribution is 0.0945. The number of aromatic amines is 1. The van der Waals surface area contributed by atoms with Crippen LogP contribution in [0.2, 0.25) is 0 Å². The van der Waals surface area contributed by atoms with E-state index in [4.69, 9.17) is 10.2 Å². The zero-order valence-electron chi connectivity index (χ0n) is 16.0. The van der Waals surface area contributed by atoms with Gasteiger partial charge in [0, 0.05) is 23.6 Å². The summed E-state index contributed by atoms with van der Waals surface area (Å²) in [6.45, 7) is 0. The Morgan fingerprint density at radius 3 is 2.90 bits per heavy atom. The van der Waals surface area contributed by atoms with E-state index in [1.165, 1.54) is 12.5 Å². The van der Waals surface area contributed by atoms with Crippen LogP contribution >= 0.6 is 0 Å². The zero-order chi connectivity index (χ0) is 20.1. The fourth-order valence-electron chi connectivity index (χ4n) is 3.35. The average Bonchev–Trinajstić information content (AvgIpc) is 3.45. The second-order valence-electron chi connectivity index (χ2n) is 7.06. The highest BCUT2D eigenvalue weighted by atomic mass is 16.3. The summed E-state index contributed by atoms with van der Waals surface area (Å²) in [5.41, 5.74) is 9.27. The van der Waals surface area contributed by atoms with Gasteiger partial charge in [0.05, 0.1) is 29.6 Å². The molecule has 0 aliphatic carbocycles. The molecule has 0 saturated heterocycles. The Kier molecular flexibility index (Phi) is 5.76. The number of H-pyrrole nitrogens is 1. The minimum atomic E-state index is -0.159. The maximum absolute atomic E-state index is 11.8. The summed E-state index contributed by atoms with van der Waals surface area (Å²) in [4.78, 5) is 27.9. The molecule has 0 spiro atoms. The number of fused-ring (bicyclic) bond motifs is 1. The molecule has 29 heavy (non-hydrogen) atoms. The van der Waals surface area contributed by atoms with Crippen LogP contribution < -0.4 is 5.73 Å². The maximum Gasteiger partial charge on any atom is 0.263 e. The van der Waals surface area contributed by atoms with Crippen molar-refractivity contribution in [3.63, 3.8) is 0 Å². The predicted molar refractivity (Wildman–Crippen MR) is 110 cm³/mol. The van der Waals surface area contributed by atoms with E-state index in [1.54, 1.807) is 6.20 Å². The van der Waals surface area contributed by atoms with E-state index in [0.29, 0.717) is 6.42 Å². The second kappa shape index (κ2) is 8.79. The van der Waals surface area contributed by atoms with Crippen molar-refractivity contribution in [1.82, 2.24) is 19.9 Å². The highest BCUT2D eigenvalue weighted by molar-refractivity contribution is 5.91. The normalized spacial score (nSPS) is 12.3. The number of nitrogens with zero attached hydrogens (tertiary/aromatic N) is 3. The average molecular weight is 389 g/mol. The zero-order valence-corrected chi connectivity index (χ0v) is 16.0. The Morgan fingerprint density at radius 2 is 2.03 bits per heavy atom. The Labute approximate surface area is 168 Å². The van der Waals surface area contributed by atoms with Gasteiger partial charge in [0.25, 0.3) is 5.89 Å². The third-order valence-corrected chi connectivity index (χ3v) is 4.95. The molecule has 0 unspecified atom stereocenters. The quantitative estimate of drug-likeness (QED) is 0.323. The number of nitrogens with one attached hydrogen (secondary N) is 1. The number of benzene rings is 1. The number of pyridine rings is 1. The first-order chi connectivity index (χ1) is 14.2. The molecule has 4 aromatic rings. The molecule has 148 valence electrons. The van der Waals surface area contributed by atoms with Gasteiger partial charge in [-0.2, -0.15) is 0 Å². The summed E-state index contributed by atoms with van der Waals surface area (Å²) in [6.07, 6.45) is 10.4. The number of carbonyl (C=O) groups is 1.